The number of methoxy groups -OCH3 is 1. The number of phenols is 1. The molecule has 0 bridgehead atoms. The predicted octanol–water partition coefficient (Wildman–Crippen LogP) is 4.33. The number of benzene rings is 3. The van der Waals surface area contributed by atoms with Crippen molar-refractivity contribution in [3.63, 3.8) is 0 Å². The van der Waals surface area contributed by atoms with Gasteiger partial charge in [-0.3, -0.25) is 24.5 Å². The number of aromatic hydroxyl groups is 1. The fraction of sp³-hybridized carbons (Fsp3) is 0.208. The second-order valence-corrected chi connectivity index (χ2v) is 10.7. The molecular formula is C24H28N4O7S2. The lowest BCUT2D eigenvalue weighted by molar-refractivity contribution is -0.385. The quantitative estimate of drug-likeness (QED) is 0.202. The summed E-state index contributed by atoms with van der Waals surface area (Å²) in [5.74, 6) is 0.396. The SMILES string of the molecule is CC/C(=N\Nc1ccc([N+](=O)[O-])cc1S(=O)(=O)Nc1ccccc1OC)c1ccc(O)cc1.CS(C)=O. The van der Waals surface area contributed by atoms with E-state index in [2.05, 4.69) is 15.2 Å². The summed E-state index contributed by atoms with van der Waals surface area (Å²) in [4.78, 5) is 10.2. The van der Waals surface area contributed by atoms with Gasteiger partial charge in [0.05, 0.1) is 29.1 Å². The molecule has 0 aliphatic heterocycles. The van der Waals surface area contributed by atoms with Gasteiger partial charge < -0.3 is 9.84 Å². The van der Waals surface area contributed by atoms with Crippen LogP contribution in [0.3, 0.4) is 0 Å². The van der Waals surface area contributed by atoms with Gasteiger partial charge in [0.25, 0.3) is 15.7 Å². The molecule has 0 spiro atoms. The standard InChI is InChI=1S/C22H22N4O6S.C2H6OS/c1-3-18(15-8-11-17(27)12-9-15)23-24-20-13-10-16(26(28)29)14-22(20)33(30,31)25-19-6-4-5-7-21(19)32-2;1-4(2)3/h4-14,24-25,27H,3H2,1-2H3;1-2H3/b23-18+;. The van der Waals surface area contributed by atoms with Crippen LogP contribution in [0.4, 0.5) is 17.1 Å². The van der Waals surface area contributed by atoms with Gasteiger partial charge in [-0.25, -0.2) is 8.42 Å². The van der Waals surface area contributed by atoms with Crippen LogP contribution >= 0.6 is 0 Å². The highest BCUT2D eigenvalue weighted by atomic mass is 32.2. The monoisotopic (exact) mass is 548 g/mol. The largest absolute Gasteiger partial charge is 0.508 e. The van der Waals surface area contributed by atoms with Crippen LogP contribution in [0.1, 0.15) is 18.9 Å². The Morgan fingerprint density at radius 3 is 2.27 bits per heavy atom. The smallest absolute Gasteiger partial charge is 0.270 e. The van der Waals surface area contributed by atoms with Crippen molar-refractivity contribution < 1.29 is 27.4 Å². The molecule has 0 fully saturated rings. The van der Waals surface area contributed by atoms with Gasteiger partial charge in [-0.1, -0.05) is 19.1 Å². The van der Waals surface area contributed by atoms with Gasteiger partial charge in [0.1, 0.15) is 16.4 Å². The molecule has 11 nitrogen and oxygen atoms in total. The number of nitro benzene ring substituents is 1. The lowest BCUT2D eigenvalue weighted by Crippen LogP contribution is -2.16. The molecule has 13 heteroatoms. The lowest BCUT2D eigenvalue weighted by atomic mass is 10.1. The molecule has 0 saturated carbocycles. The number of non-ortho nitro benzene ring substituents is 1. The van der Waals surface area contributed by atoms with Gasteiger partial charge in [-0.2, -0.15) is 5.10 Å². The number of anilines is 2. The van der Waals surface area contributed by atoms with E-state index in [1.165, 1.54) is 37.4 Å². The maximum Gasteiger partial charge on any atom is 0.270 e. The van der Waals surface area contributed by atoms with Crippen molar-refractivity contribution in [3.05, 3.63) is 82.4 Å². The summed E-state index contributed by atoms with van der Waals surface area (Å²) >= 11 is 0. The Balaban J connectivity index is 0.00000112. The van der Waals surface area contributed by atoms with Crippen molar-refractivity contribution in [1.29, 1.82) is 0 Å². The minimum Gasteiger partial charge on any atom is -0.508 e. The van der Waals surface area contributed by atoms with Crippen LogP contribution in [0.25, 0.3) is 0 Å². The van der Waals surface area contributed by atoms with Crippen LogP contribution in [-0.2, 0) is 20.8 Å². The van der Waals surface area contributed by atoms with Crippen LogP contribution in [0.5, 0.6) is 11.5 Å². The number of nitrogens with zero attached hydrogens (tertiary/aromatic N) is 2. The van der Waals surface area contributed by atoms with Crippen molar-refractivity contribution in [1.82, 2.24) is 0 Å². The summed E-state index contributed by atoms with van der Waals surface area (Å²) in [6, 6.07) is 16.2. The molecule has 3 aromatic rings. The van der Waals surface area contributed by atoms with Gasteiger partial charge in [-0.15, -0.1) is 0 Å². The second kappa shape index (κ2) is 13.4. The van der Waals surface area contributed by atoms with Gasteiger partial charge in [0.15, 0.2) is 0 Å². The average molecular weight is 549 g/mol. The Kier molecular flexibility index (Phi) is 10.6. The topological polar surface area (TPSA) is 160 Å². The van der Waals surface area contributed by atoms with E-state index < -0.39 is 25.7 Å². The summed E-state index contributed by atoms with van der Waals surface area (Å²) < 4.78 is 43.5. The van der Waals surface area contributed by atoms with Crippen LogP contribution in [0.15, 0.2) is 76.7 Å². The zero-order valence-corrected chi connectivity index (χ0v) is 22.3. The van der Waals surface area contributed by atoms with E-state index in [4.69, 9.17) is 4.74 Å². The van der Waals surface area contributed by atoms with Gasteiger partial charge in [-0.05, 0) is 54.4 Å². The fourth-order valence-corrected chi connectivity index (χ4v) is 4.24. The van der Waals surface area contributed by atoms with E-state index in [1.54, 1.807) is 42.8 Å². The Labute approximate surface area is 217 Å². The first-order valence-corrected chi connectivity index (χ1v) is 14.2. The third-order valence-electron chi connectivity index (χ3n) is 4.66. The molecule has 0 aromatic heterocycles. The third kappa shape index (κ3) is 8.58. The zero-order valence-electron chi connectivity index (χ0n) is 20.7. The number of para-hydroxylation sites is 2. The highest BCUT2D eigenvalue weighted by Gasteiger charge is 2.24. The molecule has 0 aliphatic carbocycles. The van der Waals surface area contributed by atoms with E-state index in [9.17, 15) is 27.8 Å². The van der Waals surface area contributed by atoms with Crippen LogP contribution in [-0.4, -0.2) is 48.0 Å². The molecule has 0 saturated heterocycles. The first kappa shape index (κ1) is 29.3. The minimum atomic E-state index is -4.26. The van der Waals surface area contributed by atoms with Crippen LogP contribution in [0.2, 0.25) is 0 Å². The molecule has 0 unspecified atom stereocenters. The Morgan fingerprint density at radius 2 is 1.70 bits per heavy atom. The Hall–Kier alpha value is -3.97. The highest BCUT2D eigenvalue weighted by molar-refractivity contribution is 7.93. The van der Waals surface area contributed by atoms with Gasteiger partial charge in [0, 0.05) is 35.4 Å². The summed E-state index contributed by atoms with van der Waals surface area (Å²) in [7, 11) is -3.47. The normalized spacial score (nSPS) is 11.3. The number of hydrogen-bond donors (Lipinski definition) is 3. The highest BCUT2D eigenvalue weighted by Crippen LogP contribution is 2.31. The maximum absolute atomic E-state index is 13.2. The lowest BCUT2D eigenvalue weighted by Gasteiger charge is -2.14. The number of hydrazone groups is 1. The van der Waals surface area contributed by atoms with E-state index in [-0.39, 0.29) is 27.7 Å². The van der Waals surface area contributed by atoms with E-state index in [1.807, 2.05) is 6.92 Å². The minimum absolute atomic E-state index is 0.0488. The number of nitro groups is 1. The molecule has 0 radical (unpaired) electrons. The number of sulfonamides is 1. The fourth-order valence-electron chi connectivity index (χ4n) is 3.00. The number of nitrogens with one attached hydrogen (secondary N) is 2. The molecule has 0 amide bonds. The van der Waals surface area contributed by atoms with Crippen LogP contribution < -0.4 is 14.9 Å². The number of hydrogen-bond acceptors (Lipinski definition) is 9. The molecule has 37 heavy (non-hydrogen) atoms. The van der Waals surface area contributed by atoms with Crippen molar-refractivity contribution in [3.8, 4) is 11.5 Å². The summed E-state index contributed by atoms with van der Waals surface area (Å²) in [5.41, 5.74) is 3.87. The van der Waals surface area contributed by atoms with Gasteiger partial charge in [0.2, 0.25) is 0 Å². The molecular weight excluding hydrogens is 520 g/mol. The number of rotatable bonds is 9. The molecule has 198 valence electrons. The summed E-state index contributed by atoms with van der Waals surface area (Å²) in [6.45, 7) is 1.87. The average Bonchev–Trinajstić information content (AvgIpc) is 2.85. The maximum atomic E-state index is 13.2. The van der Waals surface area contributed by atoms with Crippen LogP contribution in [0, 0.1) is 10.1 Å². The second-order valence-electron chi connectivity index (χ2n) is 7.56. The molecule has 3 aromatic carbocycles. The first-order chi connectivity index (χ1) is 17.5. The Morgan fingerprint density at radius 1 is 1.08 bits per heavy atom. The van der Waals surface area contributed by atoms with E-state index in [0.717, 1.165) is 11.6 Å². The third-order valence-corrected chi connectivity index (χ3v) is 6.07. The van der Waals surface area contributed by atoms with Gasteiger partial charge >= 0.3 is 0 Å². The number of ether oxygens (including phenoxy) is 1. The summed E-state index contributed by atoms with van der Waals surface area (Å²) in [5, 5.41) is 25.1. The Bertz CT molecular complexity index is 1390. The zero-order chi connectivity index (χ0) is 27.6. The molecule has 3 rings (SSSR count). The predicted molar refractivity (Wildman–Crippen MR) is 145 cm³/mol. The van der Waals surface area contributed by atoms with Crippen molar-refractivity contribution in [2.75, 3.05) is 29.8 Å². The number of phenolic OH excluding ortho intramolecular Hbond substituents is 1. The molecule has 0 aliphatic rings. The first-order valence-electron chi connectivity index (χ1n) is 10.8. The van der Waals surface area contributed by atoms with E-state index >= 15 is 0 Å². The van der Waals surface area contributed by atoms with Crippen molar-refractivity contribution >= 4 is 43.6 Å². The summed E-state index contributed by atoms with van der Waals surface area (Å²) in [6.07, 6.45) is 3.78. The molecule has 3 N–H and O–H groups in total. The van der Waals surface area contributed by atoms with Crippen molar-refractivity contribution in [2.24, 2.45) is 5.10 Å². The molecule has 0 atom stereocenters. The molecule has 0 heterocycles. The van der Waals surface area contributed by atoms with E-state index in [0.29, 0.717) is 17.9 Å². The van der Waals surface area contributed by atoms with Crippen molar-refractivity contribution in [2.45, 2.75) is 18.2 Å².